The summed E-state index contributed by atoms with van der Waals surface area (Å²) in [7, 11) is 0. The lowest BCUT2D eigenvalue weighted by Crippen LogP contribution is -2.04. The van der Waals surface area contributed by atoms with Crippen LogP contribution in [-0.4, -0.2) is 29.8 Å². The van der Waals surface area contributed by atoms with Crippen LogP contribution in [0.3, 0.4) is 0 Å². The van der Waals surface area contributed by atoms with Crippen LogP contribution in [0.1, 0.15) is 16.3 Å². The molecule has 28 heavy (non-hydrogen) atoms. The van der Waals surface area contributed by atoms with Crippen LogP contribution < -0.4 is 5.32 Å². The highest BCUT2D eigenvalue weighted by atomic mass is 79.9. The molecular formula is C17H14BrClFN7S. The number of benzene rings is 1. The maximum Gasteiger partial charge on any atom is 0.211 e. The lowest BCUT2D eigenvalue weighted by Gasteiger charge is -2.05. The fourth-order valence-electron chi connectivity index (χ4n) is 2.55. The van der Waals surface area contributed by atoms with Gasteiger partial charge in [-0.2, -0.15) is 10.2 Å². The van der Waals surface area contributed by atoms with Gasteiger partial charge in [-0.05, 0) is 35.0 Å². The molecule has 7 nitrogen and oxygen atoms in total. The SMILES string of the molecule is Cc1c(Br)cnn1Cc1nnc(Nc2ccn(Cc3c(F)cccc3Cl)n2)s1. The summed E-state index contributed by atoms with van der Waals surface area (Å²) >= 11 is 10.9. The Hall–Kier alpha value is -2.30. The van der Waals surface area contributed by atoms with E-state index in [2.05, 4.69) is 41.6 Å². The summed E-state index contributed by atoms with van der Waals surface area (Å²) in [6.07, 6.45) is 3.50. The number of aromatic nitrogens is 6. The first kappa shape index (κ1) is 19.0. The van der Waals surface area contributed by atoms with E-state index >= 15 is 0 Å². The van der Waals surface area contributed by atoms with Gasteiger partial charge in [-0.25, -0.2) is 4.39 Å². The summed E-state index contributed by atoms with van der Waals surface area (Å²) in [5, 5.41) is 21.9. The number of rotatable bonds is 6. The van der Waals surface area contributed by atoms with E-state index in [1.807, 2.05) is 11.6 Å². The second kappa shape index (κ2) is 7.98. The second-order valence-corrected chi connectivity index (χ2v) is 8.28. The molecule has 0 amide bonds. The molecule has 1 N–H and O–H groups in total. The number of hydrogen-bond acceptors (Lipinski definition) is 6. The summed E-state index contributed by atoms with van der Waals surface area (Å²) in [5.41, 5.74) is 1.42. The molecule has 3 aromatic heterocycles. The Morgan fingerprint density at radius 2 is 2.11 bits per heavy atom. The summed E-state index contributed by atoms with van der Waals surface area (Å²) in [6.45, 7) is 2.75. The number of nitrogens with zero attached hydrogens (tertiary/aromatic N) is 6. The smallest absolute Gasteiger partial charge is 0.211 e. The van der Waals surface area contributed by atoms with Crippen LogP contribution in [0.4, 0.5) is 15.3 Å². The molecule has 0 spiro atoms. The Morgan fingerprint density at radius 3 is 2.86 bits per heavy atom. The van der Waals surface area contributed by atoms with E-state index in [1.165, 1.54) is 17.4 Å². The largest absolute Gasteiger partial charge is 0.313 e. The van der Waals surface area contributed by atoms with Crippen LogP contribution in [0.15, 0.2) is 41.1 Å². The first-order chi connectivity index (χ1) is 13.5. The highest BCUT2D eigenvalue weighted by Crippen LogP contribution is 2.23. The van der Waals surface area contributed by atoms with Crippen LogP contribution in [0.5, 0.6) is 0 Å². The van der Waals surface area contributed by atoms with Gasteiger partial charge in [-0.1, -0.05) is 29.0 Å². The van der Waals surface area contributed by atoms with Crippen molar-refractivity contribution >= 4 is 49.8 Å². The monoisotopic (exact) mass is 481 g/mol. The molecule has 1 aromatic carbocycles. The molecule has 3 heterocycles. The Morgan fingerprint density at radius 1 is 1.25 bits per heavy atom. The molecule has 0 bridgehead atoms. The maximum absolute atomic E-state index is 13.9. The standard InChI is InChI=1S/C17H14BrClFN7S/c1-10-12(18)7-21-27(10)9-16-23-24-17(28-16)22-15-5-6-26(25-15)8-11-13(19)3-2-4-14(11)20/h2-7H,8-9H2,1H3,(H,22,24,25). The van der Waals surface area contributed by atoms with Gasteiger partial charge in [-0.3, -0.25) is 9.36 Å². The molecule has 4 rings (SSSR count). The highest BCUT2D eigenvalue weighted by molar-refractivity contribution is 9.10. The molecular weight excluding hydrogens is 469 g/mol. The topological polar surface area (TPSA) is 73.5 Å². The molecule has 0 fully saturated rings. The normalized spacial score (nSPS) is 11.1. The zero-order chi connectivity index (χ0) is 19.7. The van der Waals surface area contributed by atoms with Gasteiger partial charge in [0.2, 0.25) is 5.13 Å². The first-order valence-electron chi connectivity index (χ1n) is 8.23. The summed E-state index contributed by atoms with van der Waals surface area (Å²) < 4.78 is 18.3. The Balaban J connectivity index is 1.43. The fraction of sp³-hybridized carbons (Fsp3) is 0.176. The number of halogens is 3. The van der Waals surface area contributed by atoms with Crippen molar-refractivity contribution in [2.24, 2.45) is 0 Å². The number of nitrogens with one attached hydrogen (secondary N) is 1. The van der Waals surface area contributed by atoms with Crippen molar-refractivity contribution in [3.8, 4) is 0 Å². The average Bonchev–Trinajstić information content (AvgIpc) is 3.37. The van der Waals surface area contributed by atoms with Gasteiger partial charge < -0.3 is 5.32 Å². The summed E-state index contributed by atoms with van der Waals surface area (Å²) in [6, 6.07) is 6.40. The van der Waals surface area contributed by atoms with E-state index < -0.39 is 0 Å². The zero-order valence-corrected chi connectivity index (χ0v) is 17.8. The van der Waals surface area contributed by atoms with Crippen molar-refractivity contribution in [2.75, 3.05) is 5.32 Å². The van der Waals surface area contributed by atoms with Gasteiger partial charge in [0.25, 0.3) is 0 Å². The van der Waals surface area contributed by atoms with Gasteiger partial charge >= 0.3 is 0 Å². The average molecular weight is 483 g/mol. The van der Waals surface area contributed by atoms with Crippen molar-refractivity contribution in [3.63, 3.8) is 0 Å². The van der Waals surface area contributed by atoms with Gasteiger partial charge in [0.05, 0.1) is 23.8 Å². The lowest BCUT2D eigenvalue weighted by molar-refractivity contribution is 0.586. The van der Waals surface area contributed by atoms with Crippen LogP contribution in [0.2, 0.25) is 5.02 Å². The number of anilines is 2. The Bertz CT molecular complexity index is 1100. The van der Waals surface area contributed by atoms with Crippen molar-refractivity contribution < 1.29 is 4.39 Å². The molecule has 144 valence electrons. The van der Waals surface area contributed by atoms with Crippen molar-refractivity contribution in [3.05, 3.63) is 68.2 Å². The minimum atomic E-state index is -0.355. The highest BCUT2D eigenvalue weighted by Gasteiger charge is 2.11. The molecule has 0 radical (unpaired) electrons. The van der Waals surface area contributed by atoms with E-state index in [0.717, 1.165) is 15.2 Å². The molecule has 0 saturated carbocycles. The molecule has 0 atom stereocenters. The predicted octanol–water partition coefficient (Wildman–Crippen LogP) is 4.63. The minimum Gasteiger partial charge on any atom is -0.313 e. The van der Waals surface area contributed by atoms with E-state index in [0.29, 0.717) is 28.1 Å². The summed E-state index contributed by atoms with van der Waals surface area (Å²) in [4.78, 5) is 0. The van der Waals surface area contributed by atoms with Gasteiger partial charge in [0, 0.05) is 28.5 Å². The molecule has 0 aliphatic rings. The van der Waals surface area contributed by atoms with Gasteiger partial charge in [-0.15, -0.1) is 10.2 Å². The van der Waals surface area contributed by atoms with E-state index in [4.69, 9.17) is 11.6 Å². The molecule has 11 heteroatoms. The molecule has 4 aromatic rings. The second-order valence-electron chi connectivity index (χ2n) is 5.96. The maximum atomic E-state index is 13.9. The minimum absolute atomic E-state index is 0.238. The molecule has 0 aliphatic heterocycles. The fourth-order valence-corrected chi connectivity index (χ4v) is 3.80. The van der Waals surface area contributed by atoms with Crippen molar-refractivity contribution in [1.29, 1.82) is 0 Å². The zero-order valence-electron chi connectivity index (χ0n) is 14.6. The third-order valence-corrected chi connectivity index (χ3v) is 6.01. The van der Waals surface area contributed by atoms with Crippen molar-refractivity contribution in [2.45, 2.75) is 20.0 Å². The van der Waals surface area contributed by atoms with Crippen molar-refractivity contribution in [1.82, 2.24) is 29.8 Å². The third-order valence-electron chi connectivity index (χ3n) is 4.05. The van der Waals surface area contributed by atoms with Crippen LogP contribution in [-0.2, 0) is 13.1 Å². The lowest BCUT2D eigenvalue weighted by atomic mass is 10.2. The van der Waals surface area contributed by atoms with E-state index in [-0.39, 0.29) is 12.4 Å². The number of hydrogen-bond donors (Lipinski definition) is 1. The van der Waals surface area contributed by atoms with E-state index in [9.17, 15) is 4.39 Å². The van der Waals surface area contributed by atoms with Gasteiger partial charge in [0.15, 0.2) is 5.82 Å². The molecule has 0 aliphatic carbocycles. The van der Waals surface area contributed by atoms with E-state index in [1.54, 1.807) is 35.3 Å². The van der Waals surface area contributed by atoms with Gasteiger partial charge in [0.1, 0.15) is 10.8 Å². The van der Waals surface area contributed by atoms with Crippen LogP contribution in [0, 0.1) is 12.7 Å². The third kappa shape index (κ3) is 4.08. The first-order valence-corrected chi connectivity index (χ1v) is 10.2. The van der Waals surface area contributed by atoms with Crippen LogP contribution >= 0.6 is 38.9 Å². The quantitative estimate of drug-likeness (QED) is 0.434. The Labute approximate surface area is 177 Å². The molecule has 0 saturated heterocycles. The summed E-state index contributed by atoms with van der Waals surface area (Å²) in [5.74, 6) is 0.236. The van der Waals surface area contributed by atoms with Crippen LogP contribution in [0.25, 0.3) is 0 Å². The molecule has 0 unspecified atom stereocenters. The Kier molecular flexibility index (Phi) is 5.42. The predicted molar refractivity (Wildman–Crippen MR) is 110 cm³/mol.